The second-order valence-electron chi connectivity index (χ2n) is 6.88. The van der Waals surface area contributed by atoms with Gasteiger partial charge in [0.15, 0.2) is 0 Å². The van der Waals surface area contributed by atoms with Crippen molar-refractivity contribution in [2.45, 2.75) is 19.0 Å². The molecule has 0 aliphatic rings. The van der Waals surface area contributed by atoms with E-state index in [1.54, 1.807) is 24.1 Å². The van der Waals surface area contributed by atoms with Crippen molar-refractivity contribution in [3.05, 3.63) is 107 Å². The molecule has 4 nitrogen and oxygen atoms in total. The summed E-state index contributed by atoms with van der Waals surface area (Å²) in [7, 11) is 1.76. The van der Waals surface area contributed by atoms with Crippen molar-refractivity contribution in [1.82, 2.24) is 10.2 Å². The molecule has 0 aromatic heterocycles. The average molecular weight is 407 g/mol. The molecule has 1 N–H and O–H groups in total. The summed E-state index contributed by atoms with van der Waals surface area (Å²) in [5.74, 6) is -0.255. The number of carbonyl (C=O) groups is 2. The van der Waals surface area contributed by atoms with E-state index in [0.29, 0.717) is 17.1 Å². The maximum Gasteiger partial charge on any atom is 0.251 e. The fourth-order valence-electron chi connectivity index (χ4n) is 3.05. The van der Waals surface area contributed by atoms with Crippen molar-refractivity contribution in [3.8, 4) is 0 Å². The molecule has 0 aliphatic heterocycles. The second-order valence-corrected chi connectivity index (χ2v) is 7.32. The Kier molecular flexibility index (Phi) is 7.04. The van der Waals surface area contributed by atoms with Gasteiger partial charge in [-0.2, -0.15) is 0 Å². The van der Waals surface area contributed by atoms with Crippen LogP contribution in [-0.2, 0) is 11.3 Å². The van der Waals surface area contributed by atoms with Crippen LogP contribution in [0.3, 0.4) is 0 Å². The van der Waals surface area contributed by atoms with E-state index in [1.807, 2.05) is 72.8 Å². The quantitative estimate of drug-likeness (QED) is 0.609. The lowest BCUT2D eigenvalue weighted by atomic mass is 10.0. The topological polar surface area (TPSA) is 49.4 Å². The van der Waals surface area contributed by atoms with Crippen molar-refractivity contribution in [3.63, 3.8) is 0 Å². The number of halogens is 1. The van der Waals surface area contributed by atoms with E-state index < -0.39 is 6.04 Å². The summed E-state index contributed by atoms with van der Waals surface area (Å²) in [6.07, 6.45) is 0.173. The van der Waals surface area contributed by atoms with Crippen LogP contribution in [0.15, 0.2) is 84.9 Å². The summed E-state index contributed by atoms with van der Waals surface area (Å²) in [5.41, 5.74) is 2.45. The minimum Gasteiger partial charge on any atom is -0.345 e. The first-order chi connectivity index (χ1) is 14.0. The van der Waals surface area contributed by atoms with Crippen molar-refractivity contribution in [2.75, 3.05) is 7.05 Å². The minimum atomic E-state index is -0.413. The van der Waals surface area contributed by atoms with Crippen molar-refractivity contribution in [2.24, 2.45) is 0 Å². The summed E-state index contributed by atoms with van der Waals surface area (Å²) in [4.78, 5) is 27.2. The highest BCUT2D eigenvalue weighted by atomic mass is 35.5. The SMILES string of the molecule is CN(Cc1ccc(Cl)cc1)C(=O)CC(NC(=O)c1ccccc1)c1ccccc1. The number of nitrogens with one attached hydrogen (secondary N) is 1. The Morgan fingerprint density at radius 1 is 0.897 bits per heavy atom. The maximum absolute atomic E-state index is 12.9. The molecule has 3 aromatic rings. The Bertz CT molecular complexity index is 944. The summed E-state index contributed by atoms with van der Waals surface area (Å²) in [6, 6.07) is 25.6. The van der Waals surface area contributed by atoms with Gasteiger partial charge >= 0.3 is 0 Å². The highest BCUT2D eigenvalue weighted by molar-refractivity contribution is 6.30. The maximum atomic E-state index is 12.9. The van der Waals surface area contributed by atoms with Crippen LogP contribution in [-0.4, -0.2) is 23.8 Å². The van der Waals surface area contributed by atoms with Crippen LogP contribution in [0, 0.1) is 0 Å². The normalized spacial score (nSPS) is 11.5. The molecular weight excluding hydrogens is 384 g/mol. The molecule has 0 fully saturated rings. The van der Waals surface area contributed by atoms with Gasteiger partial charge in [0.25, 0.3) is 5.91 Å². The van der Waals surface area contributed by atoms with Crippen LogP contribution in [0.2, 0.25) is 5.02 Å². The fraction of sp³-hybridized carbons (Fsp3) is 0.167. The number of rotatable bonds is 7. The van der Waals surface area contributed by atoms with E-state index >= 15 is 0 Å². The number of hydrogen-bond donors (Lipinski definition) is 1. The lowest BCUT2D eigenvalue weighted by Gasteiger charge is -2.23. The first-order valence-electron chi connectivity index (χ1n) is 9.42. The predicted octanol–water partition coefficient (Wildman–Crippen LogP) is 4.86. The second kappa shape index (κ2) is 9.89. The molecular formula is C24H23ClN2O2. The first kappa shape index (κ1) is 20.6. The van der Waals surface area contributed by atoms with Gasteiger partial charge in [0.2, 0.25) is 5.91 Å². The van der Waals surface area contributed by atoms with E-state index in [9.17, 15) is 9.59 Å². The molecule has 0 spiro atoms. The van der Waals surface area contributed by atoms with Gasteiger partial charge in [-0.3, -0.25) is 9.59 Å². The fourth-order valence-corrected chi connectivity index (χ4v) is 3.18. The number of amides is 2. The smallest absolute Gasteiger partial charge is 0.251 e. The monoisotopic (exact) mass is 406 g/mol. The van der Waals surface area contributed by atoms with E-state index in [1.165, 1.54) is 0 Å². The van der Waals surface area contributed by atoms with Crippen LogP contribution in [0.5, 0.6) is 0 Å². The van der Waals surface area contributed by atoms with Gasteiger partial charge < -0.3 is 10.2 Å². The Morgan fingerprint density at radius 2 is 1.48 bits per heavy atom. The lowest BCUT2D eigenvalue weighted by molar-refractivity contribution is -0.130. The number of carbonyl (C=O) groups excluding carboxylic acids is 2. The molecule has 1 unspecified atom stereocenters. The van der Waals surface area contributed by atoms with Gasteiger partial charge in [0.05, 0.1) is 12.5 Å². The molecule has 5 heteroatoms. The molecule has 0 bridgehead atoms. The summed E-state index contributed by atoms with van der Waals surface area (Å²) >= 11 is 5.93. The molecule has 3 aromatic carbocycles. The summed E-state index contributed by atoms with van der Waals surface area (Å²) < 4.78 is 0. The van der Waals surface area contributed by atoms with Crippen molar-refractivity contribution in [1.29, 1.82) is 0 Å². The van der Waals surface area contributed by atoms with E-state index in [0.717, 1.165) is 11.1 Å². The highest BCUT2D eigenvalue weighted by Gasteiger charge is 2.21. The van der Waals surface area contributed by atoms with Gasteiger partial charge in [-0.1, -0.05) is 72.3 Å². The van der Waals surface area contributed by atoms with Gasteiger partial charge in [0, 0.05) is 24.2 Å². The third-order valence-electron chi connectivity index (χ3n) is 4.68. The first-order valence-corrected chi connectivity index (χ1v) is 9.80. The van der Waals surface area contributed by atoms with Crippen LogP contribution in [0.1, 0.15) is 33.9 Å². The summed E-state index contributed by atoms with van der Waals surface area (Å²) in [5, 5.41) is 3.67. The molecule has 0 heterocycles. The Morgan fingerprint density at radius 3 is 2.10 bits per heavy atom. The van der Waals surface area contributed by atoms with E-state index in [-0.39, 0.29) is 18.2 Å². The van der Waals surface area contributed by atoms with E-state index in [2.05, 4.69) is 5.32 Å². The van der Waals surface area contributed by atoms with Crippen molar-refractivity contribution < 1.29 is 9.59 Å². The Labute approximate surface area is 176 Å². The van der Waals surface area contributed by atoms with Crippen LogP contribution < -0.4 is 5.32 Å². The predicted molar refractivity (Wildman–Crippen MR) is 116 cm³/mol. The van der Waals surface area contributed by atoms with Gasteiger partial charge in [-0.25, -0.2) is 0 Å². The zero-order chi connectivity index (χ0) is 20.6. The van der Waals surface area contributed by atoms with Gasteiger partial charge in [-0.15, -0.1) is 0 Å². The zero-order valence-corrected chi connectivity index (χ0v) is 17.0. The van der Waals surface area contributed by atoms with E-state index in [4.69, 9.17) is 11.6 Å². The molecule has 2 amide bonds. The minimum absolute atomic E-state index is 0.0536. The average Bonchev–Trinajstić information content (AvgIpc) is 2.76. The molecule has 148 valence electrons. The molecule has 3 rings (SSSR count). The summed E-state index contributed by atoms with van der Waals surface area (Å²) in [6.45, 7) is 0.476. The molecule has 0 saturated heterocycles. The third-order valence-corrected chi connectivity index (χ3v) is 4.93. The molecule has 0 aliphatic carbocycles. The van der Waals surface area contributed by atoms with Crippen molar-refractivity contribution >= 4 is 23.4 Å². The third kappa shape index (κ3) is 5.93. The lowest BCUT2D eigenvalue weighted by Crippen LogP contribution is -2.34. The number of benzene rings is 3. The zero-order valence-electron chi connectivity index (χ0n) is 16.2. The van der Waals surface area contributed by atoms with Gasteiger partial charge in [0.1, 0.15) is 0 Å². The molecule has 0 saturated carbocycles. The highest BCUT2D eigenvalue weighted by Crippen LogP contribution is 2.19. The molecule has 0 radical (unpaired) electrons. The van der Waals surface area contributed by atoms with Crippen LogP contribution >= 0.6 is 11.6 Å². The molecule has 1 atom stereocenters. The standard InChI is InChI=1S/C24H23ClN2O2/c1-27(17-18-12-14-21(25)15-13-18)23(28)16-22(19-8-4-2-5-9-19)26-24(29)20-10-6-3-7-11-20/h2-15,22H,16-17H2,1H3,(H,26,29). The number of nitrogens with zero attached hydrogens (tertiary/aromatic N) is 1. The molecule has 29 heavy (non-hydrogen) atoms. The van der Waals surface area contributed by atoms with Crippen LogP contribution in [0.25, 0.3) is 0 Å². The largest absolute Gasteiger partial charge is 0.345 e. The Hall–Kier alpha value is -3.11. The Balaban J connectivity index is 1.71. The number of hydrogen-bond acceptors (Lipinski definition) is 2. The van der Waals surface area contributed by atoms with Crippen LogP contribution in [0.4, 0.5) is 0 Å². The van der Waals surface area contributed by atoms with Gasteiger partial charge in [-0.05, 0) is 35.4 Å².